The summed E-state index contributed by atoms with van der Waals surface area (Å²) in [5, 5.41) is 3.50. The summed E-state index contributed by atoms with van der Waals surface area (Å²) in [4.78, 5) is 6.17. The summed E-state index contributed by atoms with van der Waals surface area (Å²) in [6.07, 6.45) is 7.18. The Morgan fingerprint density at radius 1 is 1.64 bits per heavy atom. The van der Waals surface area contributed by atoms with Crippen LogP contribution in [0.3, 0.4) is 0 Å². The second-order valence-corrected chi connectivity index (χ2v) is 3.84. The molecule has 0 aliphatic carbocycles. The molecular weight excluding hydrogens is 178 g/mol. The Balaban J connectivity index is 1.84. The van der Waals surface area contributed by atoms with Crippen molar-refractivity contribution in [3.05, 3.63) is 12.5 Å². The molecule has 2 heterocycles. The lowest BCUT2D eigenvalue weighted by Crippen LogP contribution is -2.42. The number of hydrogen-bond acceptors (Lipinski definition) is 4. The highest BCUT2D eigenvalue weighted by Gasteiger charge is 2.16. The summed E-state index contributed by atoms with van der Waals surface area (Å²) in [7, 11) is 2.02. The van der Waals surface area contributed by atoms with Crippen LogP contribution >= 0.6 is 0 Å². The molecule has 1 N–H and O–H groups in total. The minimum absolute atomic E-state index is 0.584. The number of hydrogen-bond donors (Lipinski definition) is 1. The summed E-state index contributed by atoms with van der Waals surface area (Å²) >= 11 is 0. The summed E-state index contributed by atoms with van der Waals surface area (Å²) in [6, 6.07) is 1.29. The molecule has 0 aromatic carbocycles. The van der Waals surface area contributed by atoms with Crippen LogP contribution in [0.4, 0.5) is 6.01 Å². The summed E-state index contributed by atoms with van der Waals surface area (Å²) in [5.41, 5.74) is 0. The SMILES string of the molecule is CN(CC1CCCCN1)c1ncco1. The molecule has 4 heteroatoms. The molecule has 1 atom stereocenters. The topological polar surface area (TPSA) is 41.3 Å². The van der Waals surface area contributed by atoms with Gasteiger partial charge < -0.3 is 14.6 Å². The Morgan fingerprint density at radius 3 is 3.21 bits per heavy atom. The van der Waals surface area contributed by atoms with Crippen molar-refractivity contribution < 1.29 is 4.42 Å². The normalized spacial score (nSPS) is 22.2. The number of oxazole rings is 1. The zero-order chi connectivity index (χ0) is 9.80. The fourth-order valence-electron chi connectivity index (χ4n) is 1.89. The van der Waals surface area contributed by atoms with Gasteiger partial charge in [-0.1, -0.05) is 6.42 Å². The van der Waals surface area contributed by atoms with Gasteiger partial charge in [0, 0.05) is 19.6 Å². The van der Waals surface area contributed by atoms with Gasteiger partial charge in [-0.15, -0.1) is 0 Å². The third-order valence-corrected chi connectivity index (χ3v) is 2.65. The second-order valence-electron chi connectivity index (χ2n) is 3.84. The van der Waals surface area contributed by atoms with E-state index >= 15 is 0 Å². The van der Waals surface area contributed by atoms with Crippen molar-refractivity contribution in [1.82, 2.24) is 10.3 Å². The molecule has 78 valence electrons. The van der Waals surface area contributed by atoms with Crippen LogP contribution in [0.5, 0.6) is 0 Å². The minimum Gasteiger partial charge on any atom is -0.432 e. The highest BCUT2D eigenvalue weighted by Crippen LogP contribution is 2.12. The highest BCUT2D eigenvalue weighted by molar-refractivity contribution is 5.23. The maximum Gasteiger partial charge on any atom is 0.296 e. The van der Waals surface area contributed by atoms with Crippen LogP contribution < -0.4 is 10.2 Å². The average Bonchev–Trinajstić information content (AvgIpc) is 2.72. The van der Waals surface area contributed by atoms with E-state index in [0.29, 0.717) is 12.1 Å². The molecule has 0 spiro atoms. The fraction of sp³-hybridized carbons (Fsp3) is 0.700. The van der Waals surface area contributed by atoms with Crippen LogP contribution in [0.2, 0.25) is 0 Å². The highest BCUT2D eigenvalue weighted by atomic mass is 16.4. The number of likely N-dealkylation sites (N-methyl/N-ethyl adjacent to an activating group) is 1. The summed E-state index contributed by atoms with van der Waals surface area (Å²) in [5.74, 6) is 0. The first-order chi connectivity index (χ1) is 6.86. The summed E-state index contributed by atoms with van der Waals surface area (Å²) < 4.78 is 5.22. The van der Waals surface area contributed by atoms with Gasteiger partial charge in [0.2, 0.25) is 0 Å². The number of nitrogens with one attached hydrogen (secondary N) is 1. The van der Waals surface area contributed by atoms with E-state index < -0.39 is 0 Å². The van der Waals surface area contributed by atoms with Crippen LogP contribution in [0.15, 0.2) is 16.9 Å². The molecule has 0 bridgehead atoms. The first-order valence-corrected chi connectivity index (χ1v) is 5.20. The predicted octanol–water partition coefficient (Wildman–Crippen LogP) is 1.25. The maximum absolute atomic E-state index is 5.22. The Hall–Kier alpha value is -1.03. The van der Waals surface area contributed by atoms with Crippen molar-refractivity contribution in [1.29, 1.82) is 0 Å². The molecule has 1 aliphatic heterocycles. The van der Waals surface area contributed by atoms with Crippen molar-refractivity contribution in [2.24, 2.45) is 0 Å². The van der Waals surface area contributed by atoms with E-state index in [2.05, 4.69) is 15.2 Å². The van der Waals surface area contributed by atoms with Crippen LogP contribution in [-0.4, -0.2) is 31.2 Å². The maximum atomic E-state index is 5.22. The van der Waals surface area contributed by atoms with Crippen molar-refractivity contribution >= 4 is 6.01 Å². The van der Waals surface area contributed by atoms with Crippen molar-refractivity contribution in [2.45, 2.75) is 25.3 Å². The zero-order valence-corrected chi connectivity index (χ0v) is 8.57. The third-order valence-electron chi connectivity index (χ3n) is 2.65. The Morgan fingerprint density at radius 2 is 2.57 bits per heavy atom. The zero-order valence-electron chi connectivity index (χ0n) is 8.57. The van der Waals surface area contributed by atoms with E-state index in [-0.39, 0.29) is 0 Å². The van der Waals surface area contributed by atoms with E-state index in [9.17, 15) is 0 Å². The molecule has 0 saturated carbocycles. The van der Waals surface area contributed by atoms with Crippen molar-refractivity contribution in [2.75, 3.05) is 25.0 Å². The number of aromatic nitrogens is 1. The minimum atomic E-state index is 0.584. The molecule has 2 rings (SSSR count). The van der Waals surface area contributed by atoms with Gasteiger partial charge in [0.1, 0.15) is 6.26 Å². The third kappa shape index (κ3) is 2.26. The molecular formula is C10H17N3O. The largest absolute Gasteiger partial charge is 0.432 e. The van der Waals surface area contributed by atoms with Crippen LogP contribution in [0.25, 0.3) is 0 Å². The molecule has 1 unspecified atom stereocenters. The molecule has 0 amide bonds. The van der Waals surface area contributed by atoms with Crippen molar-refractivity contribution in [3.63, 3.8) is 0 Å². The van der Waals surface area contributed by atoms with Crippen LogP contribution in [0.1, 0.15) is 19.3 Å². The Kier molecular flexibility index (Phi) is 3.03. The fourth-order valence-corrected chi connectivity index (χ4v) is 1.89. The number of piperidine rings is 1. The lowest BCUT2D eigenvalue weighted by atomic mass is 10.1. The van der Waals surface area contributed by atoms with E-state index in [1.165, 1.54) is 19.3 Å². The van der Waals surface area contributed by atoms with Crippen LogP contribution in [-0.2, 0) is 0 Å². The predicted molar refractivity (Wildman–Crippen MR) is 55.4 cm³/mol. The van der Waals surface area contributed by atoms with Crippen LogP contribution in [0, 0.1) is 0 Å². The lowest BCUT2D eigenvalue weighted by molar-refractivity contribution is 0.396. The molecule has 1 saturated heterocycles. The number of anilines is 1. The van der Waals surface area contributed by atoms with Gasteiger partial charge in [-0.2, -0.15) is 0 Å². The van der Waals surface area contributed by atoms with E-state index in [4.69, 9.17) is 4.42 Å². The van der Waals surface area contributed by atoms with Gasteiger partial charge >= 0.3 is 0 Å². The molecule has 4 nitrogen and oxygen atoms in total. The van der Waals surface area contributed by atoms with Gasteiger partial charge in [0.25, 0.3) is 6.01 Å². The molecule has 1 fully saturated rings. The van der Waals surface area contributed by atoms with Gasteiger partial charge in [-0.3, -0.25) is 0 Å². The summed E-state index contributed by atoms with van der Waals surface area (Å²) in [6.45, 7) is 2.12. The average molecular weight is 195 g/mol. The van der Waals surface area contributed by atoms with Gasteiger partial charge in [-0.25, -0.2) is 4.98 Å². The van der Waals surface area contributed by atoms with E-state index in [1.54, 1.807) is 12.5 Å². The smallest absolute Gasteiger partial charge is 0.296 e. The lowest BCUT2D eigenvalue weighted by Gasteiger charge is -2.27. The Labute approximate surface area is 84.3 Å². The molecule has 1 aromatic heterocycles. The second kappa shape index (κ2) is 4.46. The van der Waals surface area contributed by atoms with E-state index in [0.717, 1.165) is 13.1 Å². The monoisotopic (exact) mass is 195 g/mol. The standard InChI is InChI=1S/C10H17N3O/c1-13(10-12-6-7-14-10)8-9-4-2-3-5-11-9/h6-7,9,11H,2-5,8H2,1H3. The van der Waals surface area contributed by atoms with Gasteiger partial charge in [0.15, 0.2) is 0 Å². The molecule has 0 radical (unpaired) electrons. The number of rotatable bonds is 3. The molecule has 1 aliphatic rings. The quantitative estimate of drug-likeness (QED) is 0.788. The van der Waals surface area contributed by atoms with Gasteiger partial charge in [-0.05, 0) is 19.4 Å². The van der Waals surface area contributed by atoms with Gasteiger partial charge in [0.05, 0.1) is 6.20 Å². The van der Waals surface area contributed by atoms with Crippen molar-refractivity contribution in [3.8, 4) is 0 Å². The molecule has 1 aromatic rings. The Bertz CT molecular complexity index is 254. The molecule has 14 heavy (non-hydrogen) atoms. The first-order valence-electron chi connectivity index (χ1n) is 5.20. The first kappa shape index (κ1) is 9.52. The van der Waals surface area contributed by atoms with E-state index in [1.807, 2.05) is 7.05 Å². The number of nitrogens with zero attached hydrogens (tertiary/aromatic N) is 2.